The molecule has 2 fully saturated rings. The monoisotopic (exact) mass is 400 g/mol. The van der Waals surface area contributed by atoms with Crippen molar-refractivity contribution in [1.29, 1.82) is 0 Å². The molecule has 7 nitrogen and oxygen atoms in total. The smallest absolute Gasteiger partial charge is 0.254 e. The molecule has 2 unspecified atom stereocenters. The minimum atomic E-state index is 0.130. The van der Waals surface area contributed by atoms with Crippen LogP contribution in [0.1, 0.15) is 22.5 Å². The Kier molecular flexibility index (Phi) is 4.82. The third-order valence-corrected chi connectivity index (χ3v) is 6.55. The summed E-state index contributed by atoms with van der Waals surface area (Å²) in [5, 5.41) is 8.32. The number of piperazine rings is 1. The van der Waals surface area contributed by atoms with E-state index in [9.17, 15) is 4.79 Å². The number of oxime groups is 1. The van der Waals surface area contributed by atoms with Gasteiger partial charge in [-0.15, -0.1) is 0 Å². The summed E-state index contributed by atoms with van der Waals surface area (Å²) in [5.74, 6) is 2.47. The molecule has 8 heteroatoms. The average molecular weight is 401 g/mol. The number of carbonyl (C=O) groups is 1. The van der Waals surface area contributed by atoms with Crippen LogP contribution in [-0.2, 0) is 11.4 Å². The number of amides is 1. The van der Waals surface area contributed by atoms with Gasteiger partial charge in [0.05, 0.1) is 24.3 Å². The number of thiophene rings is 1. The summed E-state index contributed by atoms with van der Waals surface area (Å²) < 4.78 is 5.51. The zero-order chi connectivity index (χ0) is 18.9. The summed E-state index contributed by atoms with van der Waals surface area (Å²) in [7, 11) is 0. The molecule has 5 heterocycles. The van der Waals surface area contributed by atoms with Gasteiger partial charge in [0.2, 0.25) is 0 Å². The number of amidine groups is 1. The SMILES string of the molecule is O=C(c1ccsc1)N1CCN(C2=NOC3CCN(Cc4ccco4)CC23)CC1. The second kappa shape index (κ2) is 7.60. The van der Waals surface area contributed by atoms with Gasteiger partial charge in [-0.2, -0.15) is 11.3 Å². The van der Waals surface area contributed by atoms with Crippen LogP contribution in [0.15, 0.2) is 44.8 Å². The van der Waals surface area contributed by atoms with E-state index >= 15 is 0 Å². The summed E-state index contributed by atoms with van der Waals surface area (Å²) >= 11 is 1.56. The molecule has 28 heavy (non-hydrogen) atoms. The van der Waals surface area contributed by atoms with Gasteiger partial charge in [-0.25, -0.2) is 0 Å². The molecule has 1 amide bonds. The minimum Gasteiger partial charge on any atom is -0.468 e. The van der Waals surface area contributed by atoms with Crippen LogP contribution >= 0.6 is 11.3 Å². The molecule has 3 aliphatic heterocycles. The summed E-state index contributed by atoms with van der Waals surface area (Å²) in [6.07, 6.45) is 2.88. The summed E-state index contributed by atoms with van der Waals surface area (Å²) in [6.45, 7) is 5.81. The first-order chi connectivity index (χ1) is 13.8. The van der Waals surface area contributed by atoms with Crippen molar-refractivity contribution >= 4 is 23.1 Å². The molecule has 3 aliphatic rings. The number of piperidine rings is 1. The Morgan fingerprint density at radius 2 is 2.11 bits per heavy atom. The lowest BCUT2D eigenvalue weighted by molar-refractivity contribution is 0.0105. The van der Waals surface area contributed by atoms with Crippen molar-refractivity contribution in [2.75, 3.05) is 39.3 Å². The predicted molar refractivity (Wildman–Crippen MR) is 106 cm³/mol. The number of fused-ring (bicyclic) bond motifs is 1. The van der Waals surface area contributed by atoms with Gasteiger partial charge in [0.15, 0.2) is 5.84 Å². The molecular formula is C20H24N4O3S. The molecule has 0 saturated carbocycles. The molecule has 0 spiro atoms. The Balaban J connectivity index is 1.19. The maximum Gasteiger partial charge on any atom is 0.254 e. The van der Waals surface area contributed by atoms with Crippen molar-refractivity contribution in [1.82, 2.24) is 14.7 Å². The van der Waals surface area contributed by atoms with E-state index in [1.165, 1.54) is 0 Å². The van der Waals surface area contributed by atoms with Gasteiger partial charge in [-0.1, -0.05) is 5.16 Å². The Bertz CT molecular complexity index is 828. The Labute approximate surface area is 168 Å². The Hall–Kier alpha value is -2.32. The van der Waals surface area contributed by atoms with E-state index in [1.54, 1.807) is 17.6 Å². The molecule has 148 valence electrons. The highest BCUT2D eigenvalue weighted by molar-refractivity contribution is 7.08. The van der Waals surface area contributed by atoms with Crippen LogP contribution in [0.4, 0.5) is 0 Å². The number of rotatable bonds is 3. The topological polar surface area (TPSA) is 61.5 Å². The standard InChI is InChI=1S/C20H24N4O3S/c25-20(15-4-11-28-14-15)24-8-6-23(7-9-24)19-17-13-22(5-3-18(17)27-21-19)12-16-2-1-10-26-16/h1-2,4,10-11,14,17-18H,3,5-9,12-13H2. The third kappa shape index (κ3) is 3.42. The second-order valence-electron chi connectivity index (χ2n) is 7.59. The van der Waals surface area contributed by atoms with Crippen LogP contribution in [0.3, 0.4) is 0 Å². The van der Waals surface area contributed by atoms with Gasteiger partial charge in [-0.3, -0.25) is 9.69 Å². The first-order valence-electron chi connectivity index (χ1n) is 9.83. The fourth-order valence-electron chi connectivity index (χ4n) is 4.33. The van der Waals surface area contributed by atoms with E-state index in [1.807, 2.05) is 33.9 Å². The molecule has 0 aliphatic carbocycles. The zero-order valence-corrected chi connectivity index (χ0v) is 16.5. The van der Waals surface area contributed by atoms with Gasteiger partial charge in [0, 0.05) is 51.1 Å². The van der Waals surface area contributed by atoms with Crippen molar-refractivity contribution in [3.63, 3.8) is 0 Å². The van der Waals surface area contributed by atoms with Crippen molar-refractivity contribution < 1.29 is 14.0 Å². The lowest BCUT2D eigenvalue weighted by atomic mass is 9.93. The van der Waals surface area contributed by atoms with E-state index < -0.39 is 0 Å². The molecule has 0 N–H and O–H groups in total. The van der Waals surface area contributed by atoms with Crippen LogP contribution in [0, 0.1) is 5.92 Å². The molecule has 2 aromatic heterocycles. The lowest BCUT2D eigenvalue weighted by Gasteiger charge is -2.39. The third-order valence-electron chi connectivity index (χ3n) is 5.87. The van der Waals surface area contributed by atoms with Gasteiger partial charge >= 0.3 is 0 Å². The molecule has 2 saturated heterocycles. The Morgan fingerprint density at radius 3 is 2.86 bits per heavy atom. The van der Waals surface area contributed by atoms with E-state index in [-0.39, 0.29) is 12.0 Å². The minimum absolute atomic E-state index is 0.130. The number of furan rings is 1. The van der Waals surface area contributed by atoms with Crippen LogP contribution in [0.2, 0.25) is 0 Å². The number of likely N-dealkylation sites (tertiary alicyclic amines) is 1. The molecular weight excluding hydrogens is 376 g/mol. The summed E-state index contributed by atoms with van der Waals surface area (Å²) in [6, 6.07) is 5.86. The van der Waals surface area contributed by atoms with Gasteiger partial charge in [0.25, 0.3) is 5.91 Å². The molecule has 0 radical (unpaired) electrons. The molecule has 0 bridgehead atoms. The highest BCUT2D eigenvalue weighted by Crippen LogP contribution is 2.30. The fraction of sp³-hybridized carbons (Fsp3) is 0.500. The highest BCUT2D eigenvalue weighted by atomic mass is 32.1. The van der Waals surface area contributed by atoms with Crippen molar-refractivity contribution in [3.8, 4) is 0 Å². The second-order valence-corrected chi connectivity index (χ2v) is 8.37. The van der Waals surface area contributed by atoms with Crippen LogP contribution in [-0.4, -0.2) is 71.8 Å². The lowest BCUT2D eigenvalue weighted by Crippen LogP contribution is -2.54. The predicted octanol–water partition coefficient (Wildman–Crippen LogP) is 2.33. The summed E-state index contributed by atoms with van der Waals surface area (Å²) in [4.78, 5) is 25.0. The number of hydrogen-bond acceptors (Lipinski definition) is 7. The van der Waals surface area contributed by atoms with E-state index in [0.29, 0.717) is 5.92 Å². The molecule has 0 aromatic carbocycles. The largest absolute Gasteiger partial charge is 0.468 e. The maximum absolute atomic E-state index is 12.6. The van der Waals surface area contributed by atoms with Crippen molar-refractivity contribution in [2.24, 2.45) is 11.1 Å². The quantitative estimate of drug-likeness (QED) is 0.791. The first kappa shape index (κ1) is 17.8. The van der Waals surface area contributed by atoms with Gasteiger partial charge < -0.3 is 19.1 Å². The van der Waals surface area contributed by atoms with Crippen molar-refractivity contribution in [2.45, 2.75) is 19.1 Å². The molecule has 2 atom stereocenters. The summed E-state index contributed by atoms with van der Waals surface area (Å²) in [5.41, 5.74) is 0.793. The molecule has 2 aromatic rings. The van der Waals surface area contributed by atoms with Crippen molar-refractivity contribution in [3.05, 3.63) is 46.5 Å². The van der Waals surface area contributed by atoms with E-state index in [4.69, 9.17) is 9.25 Å². The van der Waals surface area contributed by atoms with Crippen LogP contribution < -0.4 is 0 Å². The van der Waals surface area contributed by atoms with Crippen LogP contribution in [0.25, 0.3) is 0 Å². The number of hydrogen-bond donors (Lipinski definition) is 0. The normalized spacial score (nSPS) is 25.4. The Morgan fingerprint density at radius 1 is 1.21 bits per heavy atom. The number of nitrogens with zero attached hydrogens (tertiary/aromatic N) is 4. The zero-order valence-electron chi connectivity index (χ0n) is 15.7. The van der Waals surface area contributed by atoms with Gasteiger partial charge in [-0.05, 0) is 23.6 Å². The van der Waals surface area contributed by atoms with E-state index in [2.05, 4.69) is 15.0 Å². The number of carbonyl (C=O) groups excluding carboxylic acids is 1. The van der Waals surface area contributed by atoms with Crippen LogP contribution in [0.5, 0.6) is 0 Å². The highest BCUT2D eigenvalue weighted by Gasteiger charge is 2.42. The first-order valence-corrected chi connectivity index (χ1v) is 10.8. The maximum atomic E-state index is 12.6. The van der Waals surface area contributed by atoms with Gasteiger partial charge in [0.1, 0.15) is 11.9 Å². The average Bonchev–Trinajstić information content (AvgIpc) is 3.49. The fourth-order valence-corrected chi connectivity index (χ4v) is 4.96. The molecule has 5 rings (SSSR count). The van der Waals surface area contributed by atoms with E-state index in [0.717, 1.165) is 69.4 Å².